The minimum Gasteiger partial charge on any atom is -0.323 e. The van der Waals surface area contributed by atoms with E-state index < -0.39 is 11.9 Å². The largest absolute Gasteiger partial charge is 0.433 e. The number of aromatic nitrogens is 1. The number of pyridine rings is 1. The molecule has 0 radical (unpaired) electrons. The van der Waals surface area contributed by atoms with Crippen LogP contribution in [0.25, 0.3) is 0 Å². The Labute approximate surface area is 96.2 Å². The molecule has 1 rings (SSSR count). The molecular formula is C11H10F3N3. The maximum atomic E-state index is 12.3. The van der Waals surface area contributed by atoms with Crippen LogP contribution in [0.2, 0.25) is 0 Å². The third-order valence-electron chi connectivity index (χ3n) is 1.88. The van der Waals surface area contributed by atoms with Gasteiger partial charge < -0.3 is 5.84 Å². The third-order valence-corrected chi connectivity index (χ3v) is 1.88. The molecule has 90 valence electrons. The topological polar surface area (TPSA) is 51.3 Å². The first-order valence-corrected chi connectivity index (χ1v) is 4.59. The van der Waals surface area contributed by atoms with E-state index >= 15 is 0 Å². The lowest BCUT2D eigenvalue weighted by Gasteiger charge is -2.06. The van der Waals surface area contributed by atoms with Gasteiger partial charge in [-0.2, -0.15) is 18.3 Å². The minimum absolute atomic E-state index is 0.325. The maximum absolute atomic E-state index is 12.3. The summed E-state index contributed by atoms with van der Waals surface area (Å²) in [6.45, 7) is 3.46. The fraction of sp³-hybridized carbons (Fsp3) is 0.0909. The molecule has 0 aliphatic heterocycles. The van der Waals surface area contributed by atoms with Crippen molar-refractivity contribution in [3.8, 4) is 0 Å². The van der Waals surface area contributed by atoms with E-state index in [9.17, 15) is 13.2 Å². The molecule has 0 amide bonds. The second kappa shape index (κ2) is 5.29. The fourth-order valence-corrected chi connectivity index (χ4v) is 1.09. The van der Waals surface area contributed by atoms with Gasteiger partial charge in [0.2, 0.25) is 0 Å². The van der Waals surface area contributed by atoms with E-state index in [0.29, 0.717) is 11.3 Å². The molecular weight excluding hydrogens is 231 g/mol. The van der Waals surface area contributed by atoms with Crippen molar-refractivity contribution in [2.24, 2.45) is 10.9 Å². The van der Waals surface area contributed by atoms with Crippen LogP contribution in [-0.2, 0) is 6.18 Å². The van der Waals surface area contributed by atoms with Gasteiger partial charge in [-0.05, 0) is 18.2 Å². The van der Waals surface area contributed by atoms with Crippen molar-refractivity contribution in [3.05, 3.63) is 54.4 Å². The van der Waals surface area contributed by atoms with E-state index in [-0.39, 0.29) is 0 Å². The number of alkyl halides is 3. The van der Waals surface area contributed by atoms with Crippen molar-refractivity contribution < 1.29 is 13.2 Å². The van der Waals surface area contributed by atoms with E-state index in [1.807, 2.05) is 0 Å². The first-order valence-electron chi connectivity index (χ1n) is 4.59. The molecule has 0 aliphatic rings. The molecule has 0 atom stereocenters. The number of nitrogens with two attached hydrogens (primary N) is 1. The highest BCUT2D eigenvalue weighted by Crippen LogP contribution is 2.27. The number of hydrogen-bond donors (Lipinski definition) is 1. The zero-order valence-corrected chi connectivity index (χ0v) is 8.78. The molecule has 0 saturated carbocycles. The minimum atomic E-state index is -4.45. The summed E-state index contributed by atoms with van der Waals surface area (Å²) in [5.74, 6) is 5.12. The van der Waals surface area contributed by atoms with Crippen LogP contribution in [0.5, 0.6) is 0 Å². The Morgan fingerprint density at radius 1 is 1.41 bits per heavy atom. The van der Waals surface area contributed by atoms with Crippen molar-refractivity contribution in [2.75, 3.05) is 0 Å². The van der Waals surface area contributed by atoms with Gasteiger partial charge in [-0.1, -0.05) is 18.7 Å². The Hall–Kier alpha value is -2.11. The van der Waals surface area contributed by atoms with Crippen LogP contribution < -0.4 is 5.84 Å². The van der Waals surface area contributed by atoms with Crippen LogP contribution in [0.15, 0.2) is 48.2 Å². The standard InChI is InChI=1S/C11H10F3N3/c1-2-3-4-9(17-15)8-5-6-10(16-7-8)11(12,13)14/h2-7H,1,15H2/b4-3-,17-9+. The number of hydrazone groups is 1. The number of rotatable bonds is 3. The van der Waals surface area contributed by atoms with E-state index in [4.69, 9.17) is 5.84 Å². The highest BCUT2D eigenvalue weighted by atomic mass is 19.4. The SMILES string of the molecule is C=C/C=C\C(=N/N)c1ccc(C(F)(F)F)nc1. The Bertz CT molecular complexity index is 444. The molecule has 2 N–H and O–H groups in total. The molecule has 0 fully saturated rings. The molecule has 0 aromatic carbocycles. The summed E-state index contributed by atoms with van der Waals surface area (Å²) in [6, 6.07) is 2.14. The average Bonchev–Trinajstić information content (AvgIpc) is 2.29. The predicted octanol–water partition coefficient (Wildman–Crippen LogP) is 2.51. The van der Waals surface area contributed by atoms with Crippen molar-refractivity contribution in [1.29, 1.82) is 0 Å². The predicted molar refractivity (Wildman–Crippen MR) is 59.3 cm³/mol. The lowest BCUT2D eigenvalue weighted by Crippen LogP contribution is -2.09. The fourth-order valence-electron chi connectivity index (χ4n) is 1.09. The molecule has 0 saturated heterocycles. The first kappa shape index (κ1) is 13.0. The van der Waals surface area contributed by atoms with Gasteiger partial charge in [0, 0.05) is 11.8 Å². The lowest BCUT2D eigenvalue weighted by atomic mass is 10.1. The first-order chi connectivity index (χ1) is 7.99. The smallest absolute Gasteiger partial charge is 0.323 e. The molecule has 0 unspecified atom stereocenters. The van der Waals surface area contributed by atoms with E-state index in [1.54, 1.807) is 6.08 Å². The maximum Gasteiger partial charge on any atom is 0.433 e. The van der Waals surface area contributed by atoms with Crippen LogP contribution in [-0.4, -0.2) is 10.7 Å². The molecule has 3 nitrogen and oxygen atoms in total. The molecule has 1 heterocycles. The van der Waals surface area contributed by atoms with Crippen LogP contribution >= 0.6 is 0 Å². The van der Waals surface area contributed by atoms with Crippen molar-refractivity contribution in [2.45, 2.75) is 6.18 Å². The summed E-state index contributed by atoms with van der Waals surface area (Å²) >= 11 is 0. The molecule has 6 heteroatoms. The highest BCUT2D eigenvalue weighted by molar-refractivity contribution is 6.08. The van der Waals surface area contributed by atoms with Crippen LogP contribution in [0.4, 0.5) is 13.2 Å². The van der Waals surface area contributed by atoms with Crippen LogP contribution in [0, 0.1) is 0 Å². The van der Waals surface area contributed by atoms with Crippen molar-refractivity contribution >= 4 is 5.71 Å². The lowest BCUT2D eigenvalue weighted by molar-refractivity contribution is -0.141. The summed E-state index contributed by atoms with van der Waals surface area (Å²) in [4.78, 5) is 3.31. The Morgan fingerprint density at radius 3 is 2.53 bits per heavy atom. The Kier molecular flexibility index (Phi) is 4.03. The zero-order valence-electron chi connectivity index (χ0n) is 8.78. The summed E-state index contributed by atoms with van der Waals surface area (Å²) in [5, 5.41) is 3.45. The number of halogens is 3. The average molecular weight is 241 g/mol. The Balaban J connectivity index is 3.02. The molecule has 17 heavy (non-hydrogen) atoms. The van der Waals surface area contributed by atoms with E-state index in [0.717, 1.165) is 12.3 Å². The van der Waals surface area contributed by atoms with Gasteiger partial charge in [-0.15, -0.1) is 0 Å². The van der Waals surface area contributed by atoms with Gasteiger partial charge in [-0.3, -0.25) is 4.98 Å². The molecule has 0 spiro atoms. The number of nitrogens with zero attached hydrogens (tertiary/aromatic N) is 2. The normalized spacial score (nSPS) is 13.0. The summed E-state index contributed by atoms with van der Waals surface area (Å²) in [7, 11) is 0. The van der Waals surface area contributed by atoms with Crippen LogP contribution in [0.1, 0.15) is 11.3 Å². The molecule has 0 aliphatic carbocycles. The van der Waals surface area contributed by atoms with Crippen molar-refractivity contribution in [1.82, 2.24) is 4.98 Å². The molecule has 0 bridgehead atoms. The molecule has 1 aromatic heterocycles. The van der Waals surface area contributed by atoms with Gasteiger partial charge in [0.25, 0.3) is 0 Å². The summed E-state index contributed by atoms with van der Waals surface area (Å²) < 4.78 is 36.8. The second-order valence-corrected chi connectivity index (χ2v) is 3.04. The van der Waals surface area contributed by atoms with Gasteiger partial charge >= 0.3 is 6.18 Å². The quantitative estimate of drug-likeness (QED) is 0.382. The third kappa shape index (κ3) is 3.44. The highest BCUT2D eigenvalue weighted by Gasteiger charge is 2.32. The van der Waals surface area contributed by atoms with Gasteiger partial charge in [0.05, 0.1) is 5.71 Å². The summed E-state index contributed by atoms with van der Waals surface area (Å²) in [6.07, 6.45) is 1.22. The second-order valence-electron chi connectivity index (χ2n) is 3.04. The number of allylic oxidation sites excluding steroid dienone is 3. The zero-order chi connectivity index (χ0) is 12.9. The van der Waals surface area contributed by atoms with Gasteiger partial charge in [-0.25, -0.2) is 0 Å². The number of hydrogen-bond acceptors (Lipinski definition) is 3. The van der Waals surface area contributed by atoms with E-state index in [1.165, 1.54) is 18.2 Å². The van der Waals surface area contributed by atoms with Gasteiger partial charge in [0.15, 0.2) is 0 Å². The monoisotopic (exact) mass is 241 g/mol. The molecule has 1 aromatic rings. The summed E-state index contributed by atoms with van der Waals surface area (Å²) in [5.41, 5.74) is -0.227. The van der Waals surface area contributed by atoms with Crippen molar-refractivity contribution in [3.63, 3.8) is 0 Å². The van der Waals surface area contributed by atoms with E-state index in [2.05, 4.69) is 16.7 Å². The Morgan fingerprint density at radius 2 is 2.12 bits per heavy atom. The van der Waals surface area contributed by atoms with Crippen LogP contribution in [0.3, 0.4) is 0 Å². The van der Waals surface area contributed by atoms with Gasteiger partial charge in [0.1, 0.15) is 5.69 Å².